The molecule has 0 aromatic carbocycles. The molecular formula is C18H30N4O3. The first-order valence-corrected chi connectivity index (χ1v) is 9.26. The van der Waals surface area contributed by atoms with E-state index in [1.807, 2.05) is 18.0 Å². The maximum atomic E-state index is 12.9. The molecule has 0 radical (unpaired) electrons. The monoisotopic (exact) mass is 350 g/mol. The van der Waals surface area contributed by atoms with Gasteiger partial charge in [-0.1, -0.05) is 0 Å². The average Bonchev–Trinajstić information content (AvgIpc) is 3.09. The van der Waals surface area contributed by atoms with Crippen LogP contribution in [0.3, 0.4) is 0 Å². The highest BCUT2D eigenvalue weighted by atomic mass is 16.5. The van der Waals surface area contributed by atoms with E-state index in [4.69, 9.17) is 9.47 Å². The first-order valence-electron chi connectivity index (χ1n) is 9.26. The van der Waals surface area contributed by atoms with Gasteiger partial charge in [0, 0.05) is 40.0 Å². The molecular weight excluding hydrogens is 320 g/mol. The number of carbonyl (C=O) groups excluding carboxylic acids is 1. The molecule has 1 unspecified atom stereocenters. The second-order valence-corrected chi connectivity index (χ2v) is 7.19. The number of piperidine rings is 1. The van der Waals surface area contributed by atoms with Crippen LogP contribution in [0.15, 0.2) is 6.07 Å². The van der Waals surface area contributed by atoms with Gasteiger partial charge in [0.15, 0.2) is 0 Å². The van der Waals surface area contributed by atoms with Gasteiger partial charge in [-0.3, -0.25) is 14.8 Å². The number of nitrogens with one attached hydrogen (secondary N) is 1. The highest BCUT2D eigenvalue weighted by molar-refractivity contribution is 5.78. The molecule has 0 aliphatic carbocycles. The molecule has 0 saturated carbocycles. The average molecular weight is 350 g/mol. The Morgan fingerprint density at radius 1 is 1.44 bits per heavy atom. The van der Waals surface area contributed by atoms with Crippen LogP contribution in [0.1, 0.15) is 37.1 Å². The number of methoxy groups -OCH3 is 1. The minimum Gasteiger partial charge on any atom is -0.381 e. The Labute approximate surface area is 149 Å². The molecule has 0 bridgehead atoms. The number of aromatic nitrogens is 2. The summed E-state index contributed by atoms with van der Waals surface area (Å²) < 4.78 is 10.5. The van der Waals surface area contributed by atoms with Crippen molar-refractivity contribution in [2.75, 3.05) is 40.5 Å². The molecule has 3 rings (SSSR count). The van der Waals surface area contributed by atoms with Gasteiger partial charge in [-0.2, -0.15) is 5.10 Å². The number of hydrogen-bond donors (Lipinski definition) is 1. The Balaban J connectivity index is 1.53. The number of carbonyl (C=O) groups is 1. The normalized spacial score (nSPS) is 22.9. The fraction of sp³-hybridized carbons (Fsp3) is 0.778. The largest absolute Gasteiger partial charge is 0.381 e. The van der Waals surface area contributed by atoms with Crippen LogP contribution in [0.25, 0.3) is 0 Å². The standard InChI is InChI=1S/C18H30N4O3/c1-21(12-15-10-16(13-24-2)20-19-15)18(23)14-4-3-7-22(11-14)17-5-8-25-9-6-17/h10,14,17H,3-9,11-13H2,1-2H3,(H,19,20). The number of ether oxygens (including phenoxy) is 2. The zero-order valence-electron chi connectivity index (χ0n) is 15.4. The van der Waals surface area contributed by atoms with E-state index >= 15 is 0 Å². The van der Waals surface area contributed by atoms with Gasteiger partial charge in [-0.25, -0.2) is 0 Å². The van der Waals surface area contributed by atoms with Gasteiger partial charge in [0.25, 0.3) is 0 Å². The number of nitrogens with zero attached hydrogens (tertiary/aromatic N) is 3. The minimum absolute atomic E-state index is 0.1000. The van der Waals surface area contributed by atoms with Crippen LogP contribution < -0.4 is 0 Å². The Morgan fingerprint density at radius 2 is 2.24 bits per heavy atom. The van der Waals surface area contributed by atoms with Crippen LogP contribution in [-0.4, -0.2) is 72.4 Å². The summed E-state index contributed by atoms with van der Waals surface area (Å²) in [6, 6.07) is 2.54. The van der Waals surface area contributed by atoms with E-state index < -0.39 is 0 Å². The summed E-state index contributed by atoms with van der Waals surface area (Å²) in [5.41, 5.74) is 1.81. The predicted molar refractivity (Wildman–Crippen MR) is 93.9 cm³/mol. The minimum atomic E-state index is 0.1000. The maximum absolute atomic E-state index is 12.9. The van der Waals surface area contributed by atoms with E-state index in [0.717, 1.165) is 63.4 Å². The molecule has 25 heavy (non-hydrogen) atoms. The summed E-state index contributed by atoms with van der Waals surface area (Å²) in [6.45, 7) is 4.73. The number of rotatable bonds is 6. The zero-order chi connectivity index (χ0) is 17.6. The van der Waals surface area contributed by atoms with Crippen LogP contribution in [0.4, 0.5) is 0 Å². The molecule has 7 nitrogen and oxygen atoms in total. The molecule has 1 atom stereocenters. The Morgan fingerprint density at radius 3 is 3.00 bits per heavy atom. The van der Waals surface area contributed by atoms with E-state index in [2.05, 4.69) is 15.1 Å². The first kappa shape index (κ1) is 18.4. The van der Waals surface area contributed by atoms with Gasteiger partial charge in [0.05, 0.1) is 30.5 Å². The van der Waals surface area contributed by atoms with Crippen LogP contribution in [-0.2, 0) is 27.4 Å². The summed E-state index contributed by atoms with van der Waals surface area (Å²) in [6.07, 6.45) is 4.27. The highest BCUT2D eigenvalue weighted by Crippen LogP contribution is 2.24. The lowest BCUT2D eigenvalue weighted by atomic mass is 9.93. The second kappa shape index (κ2) is 8.78. The van der Waals surface area contributed by atoms with Crippen molar-refractivity contribution in [1.29, 1.82) is 0 Å². The van der Waals surface area contributed by atoms with E-state index in [1.165, 1.54) is 0 Å². The number of hydrogen-bond acceptors (Lipinski definition) is 5. The SMILES string of the molecule is COCc1cc(CN(C)C(=O)C2CCCN(C3CCOCC3)C2)[nH]n1. The molecule has 1 amide bonds. The summed E-state index contributed by atoms with van der Waals surface area (Å²) in [5.74, 6) is 0.336. The van der Waals surface area contributed by atoms with E-state index in [-0.39, 0.29) is 11.8 Å². The van der Waals surface area contributed by atoms with Crippen molar-refractivity contribution in [2.24, 2.45) is 5.92 Å². The molecule has 2 aliphatic heterocycles. The van der Waals surface area contributed by atoms with Gasteiger partial charge >= 0.3 is 0 Å². The van der Waals surface area contributed by atoms with Crippen molar-refractivity contribution >= 4 is 5.91 Å². The molecule has 7 heteroatoms. The maximum Gasteiger partial charge on any atom is 0.227 e. The third-order valence-corrected chi connectivity index (χ3v) is 5.27. The van der Waals surface area contributed by atoms with Crippen LogP contribution >= 0.6 is 0 Å². The van der Waals surface area contributed by atoms with Crippen molar-refractivity contribution in [3.05, 3.63) is 17.5 Å². The second-order valence-electron chi connectivity index (χ2n) is 7.19. The van der Waals surface area contributed by atoms with Gasteiger partial charge in [-0.05, 0) is 38.3 Å². The van der Waals surface area contributed by atoms with Crippen molar-refractivity contribution in [3.63, 3.8) is 0 Å². The van der Waals surface area contributed by atoms with Crippen LogP contribution in [0.5, 0.6) is 0 Å². The summed E-state index contributed by atoms with van der Waals surface area (Å²) in [4.78, 5) is 17.2. The predicted octanol–water partition coefficient (Wildman–Crippen LogP) is 1.41. The lowest BCUT2D eigenvalue weighted by Crippen LogP contribution is -2.48. The van der Waals surface area contributed by atoms with E-state index in [0.29, 0.717) is 19.2 Å². The van der Waals surface area contributed by atoms with Crippen molar-refractivity contribution in [1.82, 2.24) is 20.0 Å². The third kappa shape index (κ3) is 4.80. The van der Waals surface area contributed by atoms with E-state index in [1.54, 1.807) is 7.11 Å². The molecule has 2 fully saturated rings. The Kier molecular flexibility index (Phi) is 6.45. The molecule has 2 aliphatic rings. The topological polar surface area (TPSA) is 70.7 Å². The lowest BCUT2D eigenvalue weighted by Gasteiger charge is -2.40. The third-order valence-electron chi connectivity index (χ3n) is 5.27. The smallest absolute Gasteiger partial charge is 0.227 e. The van der Waals surface area contributed by atoms with Crippen molar-refractivity contribution < 1.29 is 14.3 Å². The fourth-order valence-electron chi connectivity index (χ4n) is 3.95. The van der Waals surface area contributed by atoms with Crippen LogP contribution in [0.2, 0.25) is 0 Å². The lowest BCUT2D eigenvalue weighted by molar-refractivity contribution is -0.137. The summed E-state index contributed by atoms with van der Waals surface area (Å²) >= 11 is 0. The molecule has 3 heterocycles. The van der Waals surface area contributed by atoms with Crippen LogP contribution in [0, 0.1) is 5.92 Å². The fourth-order valence-corrected chi connectivity index (χ4v) is 3.95. The number of aromatic amines is 1. The first-order chi connectivity index (χ1) is 12.2. The summed E-state index contributed by atoms with van der Waals surface area (Å²) in [5, 5.41) is 7.19. The highest BCUT2D eigenvalue weighted by Gasteiger charge is 2.32. The molecule has 0 spiro atoms. The number of likely N-dealkylation sites (tertiary alicyclic amines) is 1. The molecule has 2 saturated heterocycles. The summed E-state index contributed by atoms with van der Waals surface area (Å²) in [7, 11) is 3.53. The molecule has 1 N–H and O–H groups in total. The van der Waals surface area contributed by atoms with E-state index in [9.17, 15) is 4.79 Å². The molecule has 1 aromatic heterocycles. The van der Waals surface area contributed by atoms with Crippen molar-refractivity contribution in [2.45, 2.75) is 44.9 Å². The number of H-pyrrole nitrogens is 1. The van der Waals surface area contributed by atoms with Gasteiger partial charge in [0.1, 0.15) is 0 Å². The van der Waals surface area contributed by atoms with Crippen molar-refractivity contribution in [3.8, 4) is 0 Å². The molecule has 1 aromatic rings. The quantitative estimate of drug-likeness (QED) is 0.840. The Bertz CT molecular complexity index is 556. The molecule has 140 valence electrons. The van der Waals surface area contributed by atoms with Gasteiger partial charge in [0.2, 0.25) is 5.91 Å². The zero-order valence-corrected chi connectivity index (χ0v) is 15.4. The Hall–Kier alpha value is -1.44. The number of amides is 1. The van der Waals surface area contributed by atoms with Gasteiger partial charge < -0.3 is 14.4 Å². The van der Waals surface area contributed by atoms with Gasteiger partial charge in [-0.15, -0.1) is 0 Å².